The van der Waals surface area contributed by atoms with Gasteiger partial charge >= 0.3 is 0 Å². The van der Waals surface area contributed by atoms with Crippen molar-refractivity contribution in [3.63, 3.8) is 0 Å². The molecule has 0 radical (unpaired) electrons. The summed E-state index contributed by atoms with van der Waals surface area (Å²) >= 11 is 0. The van der Waals surface area contributed by atoms with Gasteiger partial charge in [-0.05, 0) is 24.7 Å². The smallest absolute Gasteiger partial charge is 0.0449 e. The average molecular weight is 256 g/mol. The standard InChI is InChI=1S/C15H20N4/c1-2-18-7-9-19(10-8-18)15-4-3-14(16)13-11-17-6-5-12(13)15/h3-6,11H,2,7-10,16H2,1H3. The van der Waals surface area contributed by atoms with Gasteiger partial charge in [-0.2, -0.15) is 0 Å². The molecule has 19 heavy (non-hydrogen) atoms. The van der Waals surface area contributed by atoms with Crippen molar-refractivity contribution < 1.29 is 0 Å². The number of hydrogen-bond donors (Lipinski definition) is 1. The number of nitrogens with zero attached hydrogens (tertiary/aromatic N) is 3. The van der Waals surface area contributed by atoms with Crippen LogP contribution in [0.3, 0.4) is 0 Å². The van der Waals surface area contributed by atoms with E-state index in [1.54, 1.807) is 0 Å². The van der Waals surface area contributed by atoms with Crippen LogP contribution < -0.4 is 10.6 Å². The number of hydrogen-bond acceptors (Lipinski definition) is 4. The van der Waals surface area contributed by atoms with E-state index in [0.29, 0.717) is 0 Å². The summed E-state index contributed by atoms with van der Waals surface area (Å²) in [4.78, 5) is 9.11. The lowest BCUT2D eigenvalue weighted by Crippen LogP contribution is -2.46. The van der Waals surface area contributed by atoms with Crippen LogP contribution in [0.1, 0.15) is 6.92 Å². The number of likely N-dealkylation sites (N-methyl/N-ethyl adjacent to an activating group) is 1. The van der Waals surface area contributed by atoms with E-state index in [-0.39, 0.29) is 0 Å². The topological polar surface area (TPSA) is 45.4 Å². The summed E-state index contributed by atoms with van der Waals surface area (Å²) < 4.78 is 0. The summed E-state index contributed by atoms with van der Waals surface area (Å²) in [7, 11) is 0. The van der Waals surface area contributed by atoms with Gasteiger partial charge in [0.1, 0.15) is 0 Å². The lowest BCUT2D eigenvalue weighted by molar-refractivity contribution is 0.271. The van der Waals surface area contributed by atoms with Gasteiger partial charge in [-0.15, -0.1) is 0 Å². The number of nitrogens with two attached hydrogens (primary N) is 1. The molecule has 3 rings (SSSR count). The van der Waals surface area contributed by atoms with Gasteiger partial charge < -0.3 is 15.5 Å². The van der Waals surface area contributed by atoms with Crippen molar-refractivity contribution in [1.29, 1.82) is 0 Å². The first-order chi connectivity index (χ1) is 9.29. The zero-order chi connectivity index (χ0) is 13.2. The second-order valence-corrected chi connectivity index (χ2v) is 5.02. The molecule has 1 aromatic heterocycles. The third kappa shape index (κ3) is 2.24. The molecule has 1 aliphatic rings. The lowest BCUT2D eigenvalue weighted by atomic mass is 10.1. The average Bonchev–Trinajstić information content (AvgIpc) is 2.48. The van der Waals surface area contributed by atoms with E-state index in [4.69, 9.17) is 5.73 Å². The van der Waals surface area contributed by atoms with Crippen LogP contribution in [0.15, 0.2) is 30.6 Å². The van der Waals surface area contributed by atoms with Gasteiger partial charge in [0.2, 0.25) is 0 Å². The molecule has 0 atom stereocenters. The van der Waals surface area contributed by atoms with Gasteiger partial charge in [-0.25, -0.2) is 0 Å². The summed E-state index contributed by atoms with van der Waals surface area (Å²) in [5, 5.41) is 2.26. The zero-order valence-corrected chi connectivity index (χ0v) is 11.3. The van der Waals surface area contributed by atoms with Crippen molar-refractivity contribution in [3.05, 3.63) is 30.6 Å². The van der Waals surface area contributed by atoms with Crippen molar-refractivity contribution in [2.75, 3.05) is 43.4 Å². The molecule has 0 bridgehead atoms. The largest absolute Gasteiger partial charge is 0.398 e. The number of nitrogen functional groups attached to an aromatic ring is 1. The Balaban J connectivity index is 1.95. The van der Waals surface area contributed by atoms with Gasteiger partial charge in [0.05, 0.1) is 0 Å². The summed E-state index contributed by atoms with van der Waals surface area (Å²) in [5.74, 6) is 0. The minimum Gasteiger partial charge on any atom is -0.398 e. The SMILES string of the molecule is CCN1CCN(c2ccc(N)c3cnccc23)CC1. The number of pyridine rings is 1. The van der Waals surface area contributed by atoms with Crippen LogP contribution in [0.2, 0.25) is 0 Å². The molecule has 0 saturated carbocycles. The van der Waals surface area contributed by atoms with Crippen LogP contribution >= 0.6 is 0 Å². The summed E-state index contributed by atoms with van der Waals surface area (Å²) in [6, 6.07) is 6.19. The van der Waals surface area contributed by atoms with Gasteiger partial charge in [-0.1, -0.05) is 6.92 Å². The van der Waals surface area contributed by atoms with Crippen molar-refractivity contribution in [2.45, 2.75) is 6.92 Å². The highest BCUT2D eigenvalue weighted by Crippen LogP contribution is 2.30. The van der Waals surface area contributed by atoms with Crippen LogP contribution in [0, 0.1) is 0 Å². The number of aromatic nitrogens is 1. The van der Waals surface area contributed by atoms with Crippen LogP contribution in [0.25, 0.3) is 10.8 Å². The Bertz CT molecular complexity index is 573. The van der Waals surface area contributed by atoms with Crippen molar-refractivity contribution in [3.8, 4) is 0 Å². The van der Waals surface area contributed by atoms with Crippen molar-refractivity contribution >= 4 is 22.1 Å². The molecule has 1 saturated heterocycles. The van der Waals surface area contributed by atoms with Gasteiger partial charge in [0.15, 0.2) is 0 Å². The first kappa shape index (κ1) is 12.2. The normalized spacial score (nSPS) is 17.0. The summed E-state index contributed by atoms with van der Waals surface area (Å²) in [6.45, 7) is 7.78. The van der Waals surface area contributed by atoms with Crippen molar-refractivity contribution in [2.24, 2.45) is 0 Å². The molecular formula is C15H20N4. The predicted molar refractivity (Wildman–Crippen MR) is 80.5 cm³/mol. The molecule has 0 spiro atoms. The Morgan fingerprint density at radius 2 is 1.89 bits per heavy atom. The lowest BCUT2D eigenvalue weighted by Gasteiger charge is -2.36. The molecule has 0 aliphatic carbocycles. The maximum Gasteiger partial charge on any atom is 0.0449 e. The van der Waals surface area contributed by atoms with E-state index >= 15 is 0 Å². The maximum atomic E-state index is 6.03. The molecule has 1 aliphatic heterocycles. The Kier molecular flexibility index (Phi) is 3.25. The van der Waals surface area contributed by atoms with Crippen LogP contribution in [-0.4, -0.2) is 42.6 Å². The second kappa shape index (κ2) is 5.05. The minimum absolute atomic E-state index is 0.805. The number of fused-ring (bicyclic) bond motifs is 1. The highest BCUT2D eigenvalue weighted by atomic mass is 15.3. The number of anilines is 2. The fraction of sp³-hybridized carbons (Fsp3) is 0.400. The van der Waals surface area contributed by atoms with Gasteiger partial charge in [0.25, 0.3) is 0 Å². The molecule has 2 aromatic rings. The third-order valence-corrected chi connectivity index (χ3v) is 3.99. The summed E-state index contributed by atoms with van der Waals surface area (Å²) in [5.41, 5.74) is 8.12. The van der Waals surface area contributed by atoms with Gasteiger partial charge in [-0.3, -0.25) is 4.98 Å². The quantitative estimate of drug-likeness (QED) is 0.834. The third-order valence-electron chi connectivity index (χ3n) is 3.99. The van der Waals surface area contributed by atoms with E-state index < -0.39 is 0 Å². The Labute approximate surface area is 113 Å². The number of benzene rings is 1. The highest BCUT2D eigenvalue weighted by molar-refractivity contribution is 6.00. The molecule has 0 amide bonds. The maximum absolute atomic E-state index is 6.03. The fourth-order valence-corrected chi connectivity index (χ4v) is 2.78. The van der Waals surface area contributed by atoms with E-state index in [1.165, 1.54) is 11.1 Å². The number of piperazine rings is 1. The minimum atomic E-state index is 0.805. The molecular weight excluding hydrogens is 236 g/mol. The van der Waals surface area contributed by atoms with Crippen LogP contribution in [0.4, 0.5) is 11.4 Å². The van der Waals surface area contributed by atoms with Crippen LogP contribution in [-0.2, 0) is 0 Å². The first-order valence-electron chi connectivity index (χ1n) is 6.89. The molecule has 1 aromatic carbocycles. The summed E-state index contributed by atoms with van der Waals surface area (Å²) in [6.07, 6.45) is 3.70. The first-order valence-corrected chi connectivity index (χ1v) is 6.89. The monoisotopic (exact) mass is 256 g/mol. The molecule has 4 nitrogen and oxygen atoms in total. The Morgan fingerprint density at radius 3 is 2.63 bits per heavy atom. The van der Waals surface area contributed by atoms with Crippen molar-refractivity contribution in [1.82, 2.24) is 9.88 Å². The number of rotatable bonds is 2. The van der Waals surface area contributed by atoms with Gasteiger partial charge in [0, 0.05) is 60.7 Å². The molecule has 4 heteroatoms. The van der Waals surface area contributed by atoms with Crippen LogP contribution in [0.5, 0.6) is 0 Å². The molecule has 2 heterocycles. The fourth-order valence-electron chi connectivity index (χ4n) is 2.78. The molecule has 0 unspecified atom stereocenters. The highest BCUT2D eigenvalue weighted by Gasteiger charge is 2.17. The van der Waals surface area contributed by atoms with E-state index in [9.17, 15) is 0 Å². The second-order valence-electron chi connectivity index (χ2n) is 5.02. The van der Waals surface area contributed by atoms with E-state index in [2.05, 4.69) is 33.8 Å². The zero-order valence-electron chi connectivity index (χ0n) is 11.3. The molecule has 2 N–H and O–H groups in total. The Hall–Kier alpha value is -1.81. The van der Waals surface area contributed by atoms with E-state index in [0.717, 1.165) is 43.8 Å². The predicted octanol–water partition coefficient (Wildman–Crippen LogP) is 1.96. The van der Waals surface area contributed by atoms with E-state index in [1.807, 2.05) is 18.5 Å². The molecule has 1 fully saturated rings. The molecule has 100 valence electrons. The Morgan fingerprint density at radius 1 is 1.11 bits per heavy atom.